The number of nitrogens with zero attached hydrogens (tertiary/aromatic N) is 3. The maximum Gasteiger partial charge on any atom is 0.272 e. The van der Waals surface area contributed by atoms with Crippen molar-refractivity contribution in [3.05, 3.63) is 58.5 Å². The van der Waals surface area contributed by atoms with Crippen LogP contribution in [0.5, 0.6) is 5.75 Å². The second kappa shape index (κ2) is 11.0. The van der Waals surface area contributed by atoms with E-state index in [9.17, 15) is 9.59 Å². The van der Waals surface area contributed by atoms with Gasteiger partial charge in [0, 0.05) is 17.6 Å². The Bertz CT molecular complexity index is 1350. The number of hydrogen-bond acceptors (Lipinski definition) is 7. The SMILES string of the molecule is CCCOc1ccc(Cn2c(SCC(=O)NC(C)CC)nc3c(sc4ncccc43)c2=O)cc1. The summed E-state index contributed by atoms with van der Waals surface area (Å²) >= 11 is 2.63. The Morgan fingerprint density at radius 3 is 2.76 bits per heavy atom. The molecule has 3 heterocycles. The van der Waals surface area contributed by atoms with Crippen molar-refractivity contribution in [3.8, 4) is 5.75 Å². The smallest absolute Gasteiger partial charge is 0.272 e. The monoisotopic (exact) mass is 496 g/mol. The molecule has 0 saturated heterocycles. The zero-order valence-corrected chi connectivity index (χ0v) is 21.2. The zero-order valence-electron chi connectivity index (χ0n) is 19.5. The molecule has 1 unspecified atom stereocenters. The number of benzene rings is 1. The predicted octanol–water partition coefficient (Wildman–Crippen LogP) is 4.85. The molecule has 1 aromatic carbocycles. The van der Waals surface area contributed by atoms with E-state index < -0.39 is 0 Å². The Morgan fingerprint density at radius 1 is 1.24 bits per heavy atom. The lowest BCUT2D eigenvalue weighted by molar-refractivity contribution is -0.119. The van der Waals surface area contributed by atoms with Gasteiger partial charge in [-0.3, -0.25) is 14.2 Å². The average Bonchev–Trinajstić information content (AvgIpc) is 3.23. The van der Waals surface area contributed by atoms with Crippen molar-refractivity contribution in [3.63, 3.8) is 0 Å². The molecule has 0 aliphatic carbocycles. The minimum absolute atomic E-state index is 0.0745. The van der Waals surface area contributed by atoms with Crippen LogP contribution in [-0.4, -0.2) is 38.8 Å². The van der Waals surface area contributed by atoms with E-state index >= 15 is 0 Å². The van der Waals surface area contributed by atoms with Crippen molar-refractivity contribution < 1.29 is 9.53 Å². The fourth-order valence-corrected chi connectivity index (χ4v) is 5.27. The molecule has 1 N–H and O–H groups in total. The normalized spacial score (nSPS) is 12.2. The highest BCUT2D eigenvalue weighted by atomic mass is 32.2. The number of carbonyl (C=O) groups is 1. The number of aromatic nitrogens is 3. The zero-order chi connectivity index (χ0) is 24.1. The van der Waals surface area contributed by atoms with Gasteiger partial charge < -0.3 is 10.1 Å². The molecule has 9 heteroatoms. The molecule has 0 aliphatic heterocycles. The van der Waals surface area contributed by atoms with Crippen LogP contribution in [0.15, 0.2) is 52.5 Å². The first kappa shape index (κ1) is 24.2. The molecule has 0 saturated carbocycles. The molecule has 1 amide bonds. The lowest BCUT2D eigenvalue weighted by atomic mass is 10.2. The van der Waals surface area contributed by atoms with Gasteiger partial charge in [0.1, 0.15) is 15.3 Å². The molecule has 0 radical (unpaired) electrons. The van der Waals surface area contributed by atoms with Crippen LogP contribution in [0, 0.1) is 0 Å². The minimum Gasteiger partial charge on any atom is -0.494 e. The number of ether oxygens (including phenoxy) is 1. The van der Waals surface area contributed by atoms with E-state index in [0.717, 1.165) is 34.4 Å². The van der Waals surface area contributed by atoms with Gasteiger partial charge >= 0.3 is 0 Å². The molecule has 0 bridgehead atoms. The second-order valence-corrected chi connectivity index (χ2v) is 10.0. The molecule has 178 valence electrons. The van der Waals surface area contributed by atoms with Crippen molar-refractivity contribution in [1.82, 2.24) is 19.9 Å². The number of amides is 1. The van der Waals surface area contributed by atoms with Gasteiger partial charge in [-0.25, -0.2) is 9.97 Å². The van der Waals surface area contributed by atoms with Gasteiger partial charge in [-0.2, -0.15) is 0 Å². The van der Waals surface area contributed by atoms with E-state index in [0.29, 0.717) is 28.5 Å². The summed E-state index contributed by atoms with van der Waals surface area (Å²) in [7, 11) is 0. The maximum absolute atomic E-state index is 13.6. The number of hydrogen-bond donors (Lipinski definition) is 1. The average molecular weight is 497 g/mol. The first-order chi connectivity index (χ1) is 16.5. The van der Waals surface area contributed by atoms with Gasteiger partial charge in [0.05, 0.1) is 24.4 Å². The van der Waals surface area contributed by atoms with Gasteiger partial charge in [-0.05, 0) is 49.6 Å². The number of nitrogens with one attached hydrogen (secondary N) is 1. The van der Waals surface area contributed by atoms with Gasteiger partial charge in [-0.15, -0.1) is 11.3 Å². The molecule has 1 atom stereocenters. The Labute approximate surface area is 206 Å². The second-order valence-electron chi connectivity index (χ2n) is 8.08. The Hall–Kier alpha value is -2.91. The number of pyridine rings is 1. The standard InChI is InChI=1S/C25H28N4O3S2/c1-4-13-32-18-10-8-17(9-11-18)14-29-24(31)22-21(19-7-6-12-26-23(19)34-22)28-25(29)33-15-20(30)27-16(3)5-2/h6-12,16H,4-5,13-15H2,1-3H3,(H,27,30). The fourth-order valence-electron chi connectivity index (χ4n) is 3.43. The van der Waals surface area contributed by atoms with E-state index in [-0.39, 0.29) is 23.3 Å². The summed E-state index contributed by atoms with van der Waals surface area (Å²) in [6, 6.07) is 11.6. The summed E-state index contributed by atoms with van der Waals surface area (Å²) < 4.78 is 7.90. The summed E-state index contributed by atoms with van der Waals surface area (Å²) in [5.41, 5.74) is 1.48. The van der Waals surface area contributed by atoms with Gasteiger partial charge in [0.25, 0.3) is 5.56 Å². The summed E-state index contributed by atoms with van der Waals surface area (Å²) in [6.07, 6.45) is 3.52. The number of rotatable bonds is 10. The Morgan fingerprint density at radius 2 is 2.03 bits per heavy atom. The first-order valence-electron chi connectivity index (χ1n) is 11.4. The molecule has 4 aromatic rings. The molecule has 34 heavy (non-hydrogen) atoms. The van der Waals surface area contributed by atoms with E-state index in [1.165, 1.54) is 23.1 Å². The molecule has 4 rings (SSSR count). The number of fused-ring (bicyclic) bond motifs is 3. The van der Waals surface area contributed by atoms with Crippen LogP contribution >= 0.6 is 23.1 Å². The quantitative estimate of drug-likeness (QED) is 0.250. The third kappa shape index (κ3) is 5.42. The summed E-state index contributed by atoms with van der Waals surface area (Å²) in [5, 5.41) is 4.35. The fraction of sp³-hybridized carbons (Fsp3) is 0.360. The van der Waals surface area contributed by atoms with Gasteiger partial charge in [0.2, 0.25) is 5.91 Å². The number of thiophene rings is 1. The molecule has 0 aliphatic rings. The van der Waals surface area contributed by atoms with Crippen LogP contribution in [0.3, 0.4) is 0 Å². The van der Waals surface area contributed by atoms with Crippen molar-refractivity contribution in [1.29, 1.82) is 0 Å². The third-order valence-corrected chi connectivity index (χ3v) is 7.47. The van der Waals surface area contributed by atoms with Crippen LogP contribution in [0.1, 0.15) is 39.2 Å². The van der Waals surface area contributed by atoms with E-state index in [4.69, 9.17) is 9.72 Å². The topological polar surface area (TPSA) is 86.1 Å². The molecule has 7 nitrogen and oxygen atoms in total. The summed E-state index contributed by atoms with van der Waals surface area (Å²) in [5.74, 6) is 0.916. The van der Waals surface area contributed by atoms with Crippen LogP contribution < -0.4 is 15.6 Å². The van der Waals surface area contributed by atoms with Crippen molar-refractivity contribution in [2.45, 2.75) is 51.4 Å². The van der Waals surface area contributed by atoms with Crippen LogP contribution in [-0.2, 0) is 11.3 Å². The highest BCUT2D eigenvalue weighted by Gasteiger charge is 2.18. The molecule has 3 aromatic heterocycles. The lowest BCUT2D eigenvalue weighted by Crippen LogP contribution is -2.33. The first-order valence-corrected chi connectivity index (χ1v) is 13.2. The molecular formula is C25H28N4O3S2. The molecule has 0 fully saturated rings. The Kier molecular flexibility index (Phi) is 7.84. The molecular weight excluding hydrogens is 468 g/mol. The summed E-state index contributed by atoms with van der Waals surface area (Å²) in [4.78, 5) is 36.0. The largest absolute Gasteiger partial charge is 0.494 e. The van der Waals surface area contributed by atoms with Crippen molar-refractivity contribution in [2.24, 2.45) is 0 Å². The van der Waals surface area contributed by atoms with Crippen molar-refractivity contribution >= 4 is 49.4 Å². The van der Waals surface area contributed by atoms with E-state index in [1.54, 1.807) is 10.8 Å². The van der Waals surface area contributed by atoms with Crippen LogP contribution in [0.4, 0.5) is 0 Å². The lowest BCUT2D eigenvalue weighted by Gasteiger charge is -2.14. The summed E-state index contributed by atoms with van der Waals surface area (Å²) in [6.45, 7) is 7.09. The van der Waals surface area contributed by atoms with E-state index in [2.05, 4.69) is 17.2 Å². The van der Waals surface area contributed by atoms with Gasteiger partial charge in [-0.1, -0.05) is 37.7 Å². The maximum atomic E-state index is 13.6. The highest BCUT2D eigenvalue weighted by Crippen LogP contribution is 2.30. The van der Waals surface area contributed by atoms with Crippen LogP contribution in [0.25, 0.3) is 20.4 Å². The van der Waals surface area contributed by atoms with Crippen molar-refractivity contribution in [2.75, 3.05) is 12.4 Å². The molecule has 0 spiro atoms. The third-order valence-electron chi connectivity index (χ3n) is 5.41. The van der Waals surface area contributed by atoms with Crippen LogP contribution in [0.2, 0.25) is 0 Å². The number of thioether (sulfide) groups is 1. The predicted molar refractivity (Wildman–Crippen MR) is 139 cm³/mol. The highest BCUT2D eigenvalue weighted by molar-refractivity contribution is 7.99. The minimum atomic E-state index is -0.121. The van der Waals surface area contributed by atoms with Gasteiger partial charge in [0.15, 0.2) is 5.16 Å². The number of carbonyl (C=O) groups excluding carboxylic acids is 1. The van der Waals surface area contributed by atoms with E-state index in [1.807, 2.05) is 50.2 Å². The Balaban J connectivity index is 1.70.